The maximum Gasteiger partial charge on any atom is 0.186 e. The second kappa shape index (κ2) is 12.3. The highest BCUT2D eigenvalue weighted by molar-refractivity contribution is 5.34. The number of rotatable bonds is 8. The normalized spacial score (nSPS) is 46.4. The van der Waals surface area contributed by atoms with Crippen molar-refractivity contribution in [2.75, 3.05) is 6.61 Å². The van der Waals surface area contributed by atoms with Crippen LogP contribution in [0, 0.1) is 46.3 Å². The van der Waals surface area contributed by atoms with Gasteiger partial charge in [-0.1, -0.05) is 64.8 Å². The molecule has 5 rings (SSSR count). The van der Waals surface area contributed by atoms with Gasteiger partial charge < -0.3 is 29.9 Å². The molecule has 6 nitrogen and oxygen atoms in total. The maximum absolute atomic E-state index is 10.5. The molecule has 1 saturated heterocycles. The molecule has 2 saturated carbocycles. The van der Waals surface area contributed by atoms with Gasteiger partial charge in [0.25, 0.3) is 0 Å². The van der Waals surface area contributed by atoms with E-state index in [9.17, 15) is 20.4 Å². The molecule has 6 heteroatoms. The van der Waals surface area contributed by atoms with E-state index in [4.69, 9.17) is 9.47 Å². The molecule has 5 aliphatic rings. The maximum atomic E-state index is 10.5. The van der Waals surface area contributed by atoms with Crippen molar-refractivity contribution < 1.29 is 29.9 Å². The van der Waals surface area contributed by atoms with Crippen LogP contribution in [0.15, 0.2) is 23.3 Å². The number of fused-ring (bicyclic) bond motifs is 4. The second-order valence-corrected chi connectivity index (χ2v) is 15.2. The molecule has 0 aromatic heterocycles. The first-order valence-corrected chi connectivity index (χ1v) is 16.8. The van der Waals surface area contributed by atoms with E-state index >= 15 is 0 Å². The molecule has 4 N–H and O–H groups in total. The third-order valence-electron chi connectivity index (χ3n) is 12.8. The Morgan fingerprint density at radius 2 is 1.71 bits per heavy atom. The predicted octanol–water partition coefficient (Wildman–Crippen LogP) is 5.77. The standard InChI is InChI=1S/C35H58O6/c1-7-22(20(2)3)9-8-21(4)26-12-13-27-25-11-10-23-18-24(14-16-34(23,5)28(25)15-17-35(26,27)6)40-33-32(39)31(38)30(37)29(19-36)41-33/h8-9,20-24,26-27,29-33,36-39H,7,10-19H2,1-6H3. The molecule has 0 amide bonds. The molecule has 1 heterocycles. The minimum atomic E-state index is -1.39. The summed E-state index contributed by atoms with van der Waals surface area (Å²) in [6.45, 7) is 14.2. The fraction of sp³-hybridized carbons (Fsp3) is 0.886. The number of allylic oxidation sites excluding steroid dienone is 4. The Morgan fingerprint density at radius 1 is 0.951 bits per heavy atom. The highest BCUT2D eigenvalue weighted by atomic mass is 16.7. The first kappa shape index (κ1) is 31.7. The lowest BCUT2D eigenvalue weighted by Gasteiger charge is -2.55. The first-order valence-electron chi connectivity index (χ1n) is 16.8. The summed E-state index contributed by atoms with van der Waals surface area (Å²) in [6.07, 6.45) is 10.7. The summed E-state index contributed by atoms with van der Waals surface area (Å²) >= 11 is 0. The van der Waals surface area contributed by atoms with E-state index in [2.05, 4.69) is 53.7 Å². The lowest BCUT2D eigenvalue weighted by Crippen LogP contribution is -2.60. The minimum absolute atomic E-state index is 0.0631. The Bertz CT molecular complexity index is 974. The smallest absolute Gasteiger partial charge is 0.186 e. The zero-order valence-corrected chi connectivity index (χ0v) is 26.5. The molecule has 13 unspecified atom stereocenters. The highest BCUT2D eigenvalue weighted by Crippen LogP contribution is 2.66. The predicted molar refractivity (Wildman–Crippen MR) is 161 cm³/mol. The summed E-state index contributed by atoms with van der Waals surface area (Å²) in [5.41, 5.74) is 4.17. The van der Waals surface area contributed by atoms with E-state index in [1.807, 2.05) is 0 Å². The third kappa shape index (κ3) is 5.64. The first-order chi connectivity index (χ1) is 19.4. The Kier molecular flexibility index (Phi) is 9.51. The Labute approximate surface area is 248 Å². The molecular weight excluding hydrogens is 516 g/mol. The summed E-state index contributed by atoms with van der Waals surface area (Å²) in [4.78, 5) is 0. The monoisotopic (exact) mass is 574 g/mol. The van der Waals surface area contributed by atoms with Gasteiger partial charge in [-0.05, 0) is 111 Å². The third-order valence-corrected chi connectivity index (χ3v) is 12.8. The van der Waals surface area contributed by atoms with Gasteiger partial charge >= 0.3 is 0 Å². The van der Waals surface area contributed by atoms with Crippen LogP contribution in [-0.2, 0) is 9.47 Å². The van der Waals surface area contributed by atoms with Crippen LogP contribution in [0.5, 0.6) is 0 Å². The van der Waals surface area contributed by atoms with E-state index in [1.165, 1.54) is 44.9 Å². The fourth-order valence-corrected chi connectivity index (χ4v) is 10.1. The Balaban J connectivity index is 1.27. The van der Waals surface area contributed by atoms with Gasteiger partial charge in [-0.3, -0.25) is 0 Å². The van der Waals surface area contributed by atoms with Gasteiger partial charge in [-0.25, -0.2) is 0 Å². The number of aliphatic hydroxyl groups is 4. The van der Waals surface area contributed by atoms with E-state index in [0.29, 0.717) is 29.1 Å². The molecule has 0 aromatic rings. The summed E-state index contributed by atoms with van der Waals surface area (Å²) in [5, 5.41) is 40.4. The van der Waals surface area contributed by atoms with Crippen LogP contribution in [0.2, 0.25) is 0 Å². The summed E-state index contributed by atoms with van der Waals surface area (Å²) in [5.74, 6) is 4.03. The number of hydrogen-bond acceptors (Lipinski definition) is 6. The molecule has 0 radical (unpaired) electrons. The average molecular weight is 575 g/mol. The SMILES string of the molecule is CCC(C=CC(C)C1CCC2C3=C(CCC21C)C1(C)CCC(OC2OC(CO)C(O)C(O)C2O)CC1CC3)C(C)C. The van der Waals surface area contributed by atoms with E-state index in [1.54, 1.807) is 11.1 Å². The van der Waals surface area contributed by atoms with Gasteiger partial charge in [-0.15, -0.1) is 0 Å². The van der Waals surface area contributed by atoms with Crippen LogP contribution >= 0.6 is 0 Å². The summed E-state index contributed by atoms with van der Waals surface area (Å²) < 4.78 is 11.9. The summed E-state index contributed by atoms with van der Waals surface area (Å²) in [7, 11) is 0. The van der Waals surface area contributed by atoms with Crippen molar-refractivity contribution in [2.24, 2.45) is 46.3 Å². The number of hydrogen-bond donors (Lipinski definition) is 4. The zero-order chi connectivity index (χ0) is 29.7. The van der Waals surface area contributed by atoms with Gasteiger partial charge in [0, 0.05) is 0 Å². The van der Waals surface area contributed by atoms with Gasteiger partial charge in [-0.2, -0.15) is 0 Å². The van der Waals surface area contributed by atoms with Crippen LogP contribution in [0.4, 0.5) is 0 Å². The Hall–Kier alpha value is -0.760. The van der Waals surface area contributed by atoms with Crippen molar-refractivity contribution in [2.45, 2.75) is 143 Å². The van der Waals surface area contributed by atoms with Crippen molar-refractivity contribution in [3.8, 4) is 0 Å². The average Bonchev–Trinajstić information content (AvgIpc) is 3.30. The molecule has 0 spiro atoms. The van der Waals surface area contributed by atoms with Crippen molar-refractivity contribution in [3.05, 3.63) is 23.3 Å². The van der Waals surface area contributed by atoms with Crippen LogP contribution < -0.4 is 0 Å². The lowest BCUT2D eigenvalue weighted by atomic mass is 9.50. The molecule has 0 aromatic carbocycles. The molecule has 3 fully saturated rings. The van der Waals surface area contributed by atoms with Crippen LogP contribution in [0.1, 0.15) is 106 Å². The van der Waals surface area contributed by atoms with Crippen LogP contribution in [0.25, 0.3) is 0 Å². The van der Waals surface area contributed by atoms with Crippen LogP contribution in [0.3, 0.4) is 0 Å². The van der Waals surface area contributed by atoms with Crippen molar-refractivity contribution in [3.63, 3.8) is 0 Å². The highest BCUT2D eigenvalue weighted by Gasteiger charge is 2.56. The molecule has 0 bridgehead atoms. The van der Waals surface area contributed by atoms with Gasteiger partial charge in [0.05, 0.1) is 12.7 Å². The minimum Gasteiger partial charge on any atom is -0.394 e. The lowest BCUT2D eigenvalue weighted by molar-refractivity contribution is -0.315. The van der Waals surface area contributed by atoms with Crippen LogP contribution in [-0.4, -0.2) is 63.8 Å². The molecule has 234 valence electrons. The van der Waals surface area contributed by atoms with Crippen molar-refractivity contribution >= 4 is 0 Å². The largest absolute Gasteiger partial charge is 0.394 e. The number of aliphatic hydroxyl groups excluding tert-OH is 4. The second-order valence-electron chi connectivity index (χ2n) is 15.2. The molecule has 13 atom stereocenters. The zero-order valence-electron chi connectivity index (χ0n) is 26.5. The van der Waals surface area contributed by atoms with Gasteiger partial charge in [0.1, 0.15) is 24.4 Å². The summed E-state index contributed by atoms with van der Waals surface area (Å²) in [6, 6.07) is 0. The fourth-order valence-electron chi connectivity index (χ4n) is 10.1. The molecule has 1 aliphatic heterocycles. The van der Waals surface area contributed by atoms with Crippen molar-refractivity contribution in [1.29, 1.82) is 0 Å². The molecule has 41 heavy (non-hydrogen) atoms. The molecular formula is C35H58O6. The topological polar surface area (TPSA) is 99.4 Å². The van der Waals surface area contributed by atoms with Gasteiger partial charge in [0.2, 0.25) is 0 Å². The van der Waals surface area contributed by atoms with Gasteiger partial charge in [0.15, 0.2) is 6.29 Å². The quantitative estimate of drug-likeness (QED) is 0.275. The molecule has 4 aliphatic carbocycles. The Morgan fingerprint density at radius 3 is 2.39 bits per heavy atom. The van der Waals surface area contributed by atoms with E-state index in [0.717, 1.165) is 31.1 Å². The van der Waals surface area contributed by atoms with Crippen molar-refractivity contribution in [1.82, 2.24) is 0 Å². The van der Waals surface area contributed by atoms with E-state index in [-0.39, 0.29) is 11.5 Å². The number of ether oxygens (including phenoxy) is 2. The van der Waals surface area contributed by atoms with E-state index < -0.39 is 37.3 Å².